The third-order valence-electron chi connectivity index (χ3n) is 6.44. The van der Waals surface area contributed by atoms with Crippen LogP contribution in [0.3, 0.4) is 0 Å². The third-order valence-corrected chi connectivity index (χ3v) is 6.44. The van der Waals surface area contributed by atoms with Crippen LogP contribution in [0.15, 0.2) is 18.2 Å². The number of methoxy groups -OCH3 is 1. The van der Waals surface area contributed by atoms with Crippen molar-refractivity contribution in [3.05, 3.63) is 29.6 Å². The molecule has 176 valence electrons. The minimum absolute atomic E-state index is 0.0379. The summed E-state index contributed by atoms with van der Waals surface area (Å²) >= 11 is 0. The number of hydrogen-bond acceptors (Lipinski definition) is 5. The Morgan fingerprint density at radius 2 is 1.81 bits per heavy atom. The summed E-state index contributed by atoms with van der Waals surface area (Å²) in [7, 11) is 1.57. The number of hydrogen-bond donors (Lipinski definition) is 2. The predicted molar refractivity (Wildman–Crippen MR) is 111 cm³/mol. The number of rotatable bonds is 8. The van der Waals surface area contributed by atoms with Crippen LogP contribution in [0.25, 0.3) is 0 Å². The first-order chi connectivity index (χ1) is 14.8. The number of alkyl halides is 3. The van der Waals surface area contributed by atoms with Gasteiger partial charge in [-0.3, -0.25) is 10.2 Å². The maximum atomic E-state index is 14.1. The summed E-state index contributed by atoms with van der Waals surface area (Å²) in [4.78, 5) is 4.03. The number of ether oxygens (including phenoxy) is 1. The molecule has 2 aliphatic rings. The van der Waals surface area contributed by atoms with Gasteiger partial charge in [0.15, 0.2) is 0 Å². The fraction of sp³-hybridized carbons (Fsp3) is 0.727. The van der Waals surface area contributed by atoms with Gasteiger partial charge in [-0.25, -0.2) is 4.39 Å². The van der Waals surface area contributed by atoms with E-state index in [9.17, 15) is 22.7 Å². The Labute approximate surface area is 181 Å². The van der Waals surface area contributed by atoms with Crippen molar-refractivity contribution in [1.29, 1.82) is 0 Å². The van der Waals surface area contributed by atoms with Crippen LogP contribution in [-0.4, -0.2) is 68.7 Å². The Kier molecular flexibility index (Phi) is 8.55. The molecule has 0 spiro atoms. The van der Waals surface area contributed by atoms with Crippen molar-refractivity contribution in [3.63, 3.8) is 0 Å². The average molecular weight is 448 g/mol. The summed E-state index contributed by atoms with van der Waals surface area (Å²) in [5.74, 6) is 0.0407. The summed E-state index contributed by atoms with van der Waals surface area (Å²) < 4.78 is 57.9. The topological polar surface area (TPSA) is 48.0 Å². The van der Waals surface area contributed by atoms with Crippen molar-refractivity contribution in [2.45, 2.75) is 50.6 Å². The van der Waals surface area contributed by atoms with Crippen LogP contribution in [0.2, 0.25) is 0 Å². The molecule has 1 unspecified atom stereocenters. The lowest BCUT2D eigenvalue weighted by Gasteiger charge is -2.37. The van der Waals surface area contributed by atoms with Gasteiger partial charge in [-0.05, 0) is 62.8 Å². The molecule has 1 aliphatic heterocycles. The molecule has 3 rings (SSSR count). The van der Waals surface area contributed by atoms with Gasteiger partial charge in [0, 0.05) is 39.3 Å². The smallest absolute Gasteiger partial charge is 0.381 e. The molecule has 1 saturated heterocycles. The number of anilines is 1. The van der Waals surface area contributed by atoms with Gasteiger partial charge in [0.1, 0.15) is 12.0 Å². The fourth-order valence-corrected chi connectivity index (χ4v) is 4.60. The number of nitrogens with one attached hydrogen (secondary N) is 1. The van der Waals surface area contributed by atoms with Crippen LogP contribution in [-0.2, 0) is 10.9 Å². The van der Waals surface area contributed by atoms with E-state index in [0.29, 0.717) is 25.0 Å². The zero-order chi connectivity index (χ0) is 22.4. The molecule has 1 aliphatic carbocycles. The number of aliphatic hydroxyl groups is 1. The quantitative estimate of drug-likeness (QED) is 0.472. The monoisotopic (exact) mass is 447 g/mol. The largest absolute Gasteiger partial charge is 0.416 e. The molecule has 1 aromatic rings. The summed E-state index contributed by atoms with van der Waals surface area (Å²) in [6, 6.07) is 2.94. The molecular weight excluding hydrogens is 414 g/mol. The molecule has 9 heteroatoms. The molecule has 31 heavy (non-hydrogen) atoms. The van der Waals surface area contributed by atoms with Gasteiger partial charge < -0.3 is 14.7 Å². The van der Waals surface area contributed by atoms with Crippen LogP contribution in [0, 0.1) is 11.7 Å². The molecule has 2 N–H and O–H groups in total. The molecule has 2 fully saturated rings. The maximum Gasteiger partial charge on any atom is 0.416 e. The molecule has 0 aromatic heterocycles. The minimum atomic E-state index is -4.47. The van der Waals surface area contributed by atoms with Crippen molar-refractivity contribution >= 4 is 5.69 Å². The average Bonchev–Trinajstić information content (AvgIpc) is 2.73. The van der Waals surface area contributed by atoms with E-state index in [-0.39, 0.29) is 12.3 Å². The fourth-order valence-electron chi connectivity index (χ4n) is 4.60. The highest BCUT2D eigenvalue weighted by Crippen LogP contribution is 2.33. The van der Waals surface area contributed by atoms with E-state index >= 15 is 0 Å². The molecule has 5 nitrogen and oxygen atoms in total. The first kappa shape index (κ1) is 24.2. The van der Waals surface area contributed by atoms with Gasteiger partial charge in [0.2, 0.25) is 0 Å². The van der Waals surface area contributed by atoms with E-state index in [0.717, 1.165) is 69.9 Å². The minimum Gasteiger partial charge on any atom is -0.381 e. The zero-order valence-corrected chi connectivity index (χ0v) is 18.0. The molecular formula is C22H33F4N3O2. The zero-order valence-electron chi connectivity index (χ0n) is 18.0. The highest BCUT2D eigenvalue weighted by Gasteiger charge is 2.32. The third kappa shape index (κ3) is 7.03. The van der Waals surface area contributed by atoms with E-state index in [4.69, 9.17) is 4.74 Å². The Morgan fingerprint density at radius 1 is 1.13 bits per heavy atom. The first-order valence-electron chi connectivity index (χ1n) is 11.0. The van der Waals surface area contributed by atoms with Gasteiger partial charge >= 0.3 is 6.18 Å². The van der Waals surface area contributed by atoms with Crippen LogP contribution in [0.4, 0.5) is 23.2 Å². The number of aliphatic hydroxyl groups excluding tert-OH is 1. The van der Waals surface area contributed by atoms with Gasteiger partial charge in [0.05, 0.1) is 17.9 Å². The van der Waals surface area contributed by atoms with Gasteiger partial charge in [-0.2, -0.15) is 13.2 Å². The van der Waals surface area contributed by atoms with E-state index in [2.05, 4.69) is 10.2 Å². The van der Waals surface area contributed by atoms with Gasteiger partial charge in [0.25, 0.3) is 0 Å². The summed E-state index contributed by atoms with van der Waals surface area (Å²) in [6.45, 7) is 3.72. The van der Waals surface area contributed by atoms with Crippen molar-refractivity contribution in [2.75, 3.05) is 51.3 Å². The normalized spacial score (nSPS) is 24.4. The van der Waals surface area contributed by atoms with Crippen LogP contribution in [0.1, 0.15) is 37.7 Å². The molecule has 1 heterocycles. The first-order valence-corrected chi connectivity index (χ1v) is 11.0. The van der Waals surface area contributed by atoms with Crippen LogP contribution in [0.5, 0.6) is 0 Å². The molecule has 1 saturated carbocycles. The van der Waals surface area contributed by atoms with Crippen LogP contribution < -0.4 is 10.2 Å². The van der Waals surface area contributed by atoms with Gasteiger partial charge in [-0.1, -0.05) is 0 Å². The molecule has 1 atom stereocenters. The molecule has 0 amide bonds. The standard InChI is InChI=1S/C22H33F4N3O2/c1-31-15-21(30)27-18-5-2-16(3-6-18)8-9-28-10-12-29(13-11-28)20-14-17(22(24,25)26)4-7-19(20)23/h4,7,14,16,18,21,27,30H,2-3,5-6,8-13,15H2,1H3. The molecule has 0 bridgehead atoms. The lowest BCUT2D eigenvalue weighted by Crippen LogP contribution is -2.47. The Hall–Kier alpha value is -1.42. The number of benzene rings is 1. The highest BCUT2D eigenvalue weighted by molar-refractivity contribution is 5.51. The second-order valence-electron chi connectivity index (χ2n) is 8.64. The summed E-state index contributed by atoms with van der Waals surface area (Å²) in [5, 5.41) is 13.0. The second-order valence-corrected chi connectivity index (χ2v) is 8.64. The number of nitrogens with zero attached hydrogens (tertiary/aromatic N) is 2. The van der Waals surface area contributed by atoms with E-state index < -0.39 is 23.8 Å². The van der Waals surface area contributed by atoms with Crippen molar-refractivity contribution in [3.8, 4) is 0 Å². The Bertz CT molecular complexity index is 688. The lowest BCUT2D eigenvalue weighted by atomic mass is 9.84. The molecule has 1 aromatic carbocycles. The SMILES string of the molecule is COCC(O)NC1CCC(CCN2CCN(c3cc(C(F)(F)F)ccc3F)CC2)CC1. The number of piperazine rings is 1. The second kappa shape index (κ2) is 10.9. The van der Waals surface area contributed by atoms with Crippen LogP contribution >= 0.6 is 0 Å². The maximum absolute atomic E-state index is 14.1. The van der Waals surface area contributed by atoms with E-state index in [1.807, 2.05) is 0 Å². The Balaban J connectivity index is 1.40. The number of halogens is 4. The summed E-state index contributed by atoms with van der Waals surface area (Å²) in [5.41, 5.74) is -0.776. The van der Waals surface area contributed by atoms with Gasteiger partial charge in [-0.15, -0.1) is 0 Å². The predicted octanol–water partition coefficient (Wildman–Crippen LogP) is 3.47. The lowest BCUT2D eigenvalue weighted by molar-refractivity contribution is -0.137. The Morgan fingerprint density at radius 3 is 2.42 bits per heavy atom. The molecule has 0 radical (unpaired) electrons. The van der Waals surface area contributed by atoms with E-state index in [1.165, 1.54) is 0 Å². The van der Waals surface area contributed by atoms with E-state index in [1.54, 1.807) is 12.0 Å². The van der Waals surface area contributed by atoms with Crippen molar-refractivity contribution in [2.24, 2.45) is 5.92 Å². The van der Waals surface area contributed by atoms with Crippen molar-refractivity contribution < 1.29 is 27.4 Å². The summed E-state index contributed by atoms with van der Waals surface area (Å²) in [6.07, 6.45) is 0.303. The van der Waals surface area contributed by atoms with Crippen molar-refractivity contribution in [1.82, 2.24) is 10.2 Å². The highest BCUT2D eigenvalue weighted by atomic mass is 19.4.